The molecule has 0 spiro atoms. The number of nitrogens with zero attached hydrogens (tertiary/aromatic N) is 1. The molecule has 0 unspecified atom stereocenters. The molecule has 0 radical (unpaired) electrons. The Morgan fingerprint density at radius 1 is 1.29 bits per heavy atom. The Balaban J connectivity index is 3.25. The van der Waals surface area contributed by atoms with E-state index in [2.05, 4.69) is 4.99 Å². The van der Waals surface area contributed by atoms with Crippen LogP contribution in [-0.2, 0) is 10.8 Å². The normalized spacial score (nSPS) is 10.9. The molecule has 74 valence electrons. The van der Waals surface area contributed by atoms with Crippen LogP contribution in [0.5, 0.6) is 0 Å². The molecule has 6 heteroatoms. The highest BCUT2D eigenvalue weighted by Crippen LogP contribution is 2.30. The third kappa shape index (κ3) is 1.97. The van der Waals surface area contributed by atoms with Gasteiger partial charge in [0.25, 0.3) is 0 Å². The van der Waals surface area contributed by atoms with Crippen LogP contribution in [0.15, 0.2) is 23.2 Å². The lowest BCUT2D eigenvalue weighted by Crippen LogP contribution is -2.12. The van der Waals surface area contributed by atoms with Gasteiger partial charge in [-0.2, -0.15) is 8.78 Å². The molecule has 0 fully saturated rings. The number of benzene rings is 1. The minimum atomic E-state index is -4.01. The van der Waals surface area contributed by atoms with Crippen LogP contribution in [0.1, 0.15) is 5.56 Å². The van der Waals surface area contributed by atoms with E-state index in [1.165, 1.54) is 0 Å². The van der Waals surface area contributed by atoms with Crippen molar-refractivity contribution in [1.82, 2.24) is 0 Å². The van der Waals surface area contributed by atoms with Crippen LogP contribution in [0.25, 0.3) is 0 Å². The summed E-state index contributed by atoms with van der Waals surface area (Å²) in [7, 11) is 0. The molecule has 0 saturated carbocycles. The van der Waals surface area contributed by atoms with E-state index in [4.69, 9.17) is 0 Å². The van der Waals surface area contributed by atoms with Crippen LogP contribution in [0, 0.1) is 11.6 Å². The van der Waals surface area contributed by atoms with Gasteiger partial charge in [0.2, 0.25) is 6.08 Å². The van der Waals surface area contributed by atoms with Crippen LogP contribution >= 0.6 is 0 Å². The van der Waals surface area contributed by atoms with Gasteiger partial charge >= 0.3 is 6.05 Å². The van der Waals surface area contributed by atoms with Gasteiger partial charge in [0, 0.05) is 6.07 Å². The summed E-state index contributed by atoms with van der Waals surface area (Å²) >= 11 is 0. The first kappa shape index (κ1) is 10.4. The van der Waals surface area contributed by atoms with Gasteiger partial charge in [-0.3, -0.25) is 0 Å². The molecule has 0 heterocycles. The largest absolute Gasteiger partial charge is 0.381 e. The molecule has 0 aromatic heterocycles. The zero-order valence-corrected chi connectivity index (χ0v) is 6.60. The molecule has 0 bridgehead atoms. The van der Waals surface area contributed by atoms with Gasteiger partial charge in [0.1, 0.15) is 11.6 Å². The molecule has 0 N–H and O–H groups in total. The first-order chi connectivity index (χ1) is 6.47. The maximum atomic E-state index is 12.8. The average molecular weight is 205 g/mol. The monoisotopic (exact) mass is 205 g/mol. The van der Waals surface area contributed by atoms with Crippen LogP contribution < -0.4 is 0 Å². The van der Waals surface area contributed by atoms with Crippen molar-refractivity contribution in [3.63, 3.8) is 0 Å². The SMILES string of the molecule is O=C=NC(F)(F)c1ccc(F)cc1F. The third-order valence-corrected chi connectivity index (χ3v) is 1.44. The fraction of sp³-hybridized carbons (Fsp3) is 0.125. The van der Waals surface area contributed by atoms with E-state index in [0.29, 0.717) is 18.2 Å². The second-order valence-electron chi connectivity index (χ2n) is 2.37. The molecule has 0 atom stereocenters. The van der Waals surface area contributed by atoms with Gasteiger partial charge in [-0.15, -0.1) is 4.99 Å². The zero-order chi connectivity index (χ0) is 10.8. The topological polar surface area (TPSA) is 29.4 Å². The fourth-order valence-corrected chi connectivity index (χ4v) is 0.851. The summed E-state index contributed by atoms with van der Waals surface area (Å²) in [5, 5.41) is 0. The molecule has 0 saturated heterocycles. The van der Waals surface area contributed by atoms with Crippen molar-refractivity contribution in [2.24, 2.45) is 4.99 Å². The van der Waals surface area contributed by atoms with Crippen molar-refractivity contribution in [3.8, 4) is 0 Å². The molecular formula is C8H3F4NO. The van der Waals surface area contributed by atoms with E-state index in [-0.39, 0.29) is 6.07 Å². The van der Waals surface area contributed by atoms with E-state index < -0.39 is 23.2 Å². The molecule has 0 aliphatic rings. The van der Waals surface area contributed by atoms with Gasteiger partial charge < -0.3 is 0 Å². The number of aliphatic imine (C=N–C) groups is 1. The quantitative estimate of drug-likeness (QED) is 0.315. The lowest BCUT2D eigenvalue weighted by molar-refractivity contribution is 0.00250. The summed E-state index contributed by atoms with van der Waals surface area (Å²) in [4.78, 5) is 11.7. The standard InChI is InChI=1S/C8H3F4NO/c9-5-1-2-6(7(10)3-5)8(11,12)13-4-14/h1-3H. The molecule has 1 aromatic rings. The lowest BCUT2D eigenvalue weighted by atomic mass is 10.2. The average Bonchev–Trinajstić information content (AvgIpc) is 2.02. The number of hydrogen-bond acceptors (Lipinski definition) is 2. The lowest BCUT2D eigenvalue weighted by Gasteiger charge is -2.09. The summed E-state index contributed by atoms with van der Waals surface area (Å²) in [6, 6.07) is -2.57. The molecule has 1 aromatic carbocycles. The highest BCUT2D eigenvalue weighted by Gasteiger charge is 2.34. The van der Waals surface area contributed by atoms with Crippen molar-refractivity contribution in [1.29, 1.82) is 0 Å². The predicted octanol–water partition coefficient (Wildman–Crippen LogP) is 2.35. The molecular weight excluding hydrogens is 202 g/mol. The van der Waals surface area contributed by atoms with Crippen LogP contribution in [0.2, 0.25) is 0 Å². The maximum Gasteiger partial charge on any atom is 0.381 e. The van der Waals surface area contributed by atoms with E-state index in [0.717, 1.165) is 0 Å². The number of carbonyl (C=O) groups excluding carboxylic acids is 1. The van der Waals surface area contributed by atoms with Crippen molar-refractivity contribution < 1.29 is 22.4 Å². The Labute approximate surface area is 75.9 Å². The summed E-state index contributed by atoms with van der Waals surface area (Å²) in [6.07, 6.45) is 0.613. The molecule has 0 amide bonds. The van der Waals surface area contributed by atoms with Crippen molar-refractivity contribution in [2.45, 2.75) is 6.05 Å². The smallest absolute Gasteiger partial charge is 0.211 e. The Morgan fingerprint density at radius 2 is 1.93 bits per heavy atom. The second kappa shape index (κ2) is 3.59. The van der Waals surface area contributed by atoms with Crippen LogP contribution in [-0.4, -0.2) is 6.08 Å². The van der Waals surface area contributed by atoms with E-state index in [1.54, 1.807) is 0 Å². The number of alkyl halides is 2. The summed E-state index contributed by atoms with van der Waals surface area (Å²) in [5.41, 5.74) is -1.16. The van der Waals surface area contributed by atoms with Gasteiger partial charge in [-0.05, 0) is 12.1 Å². The van der Waals surface area contributed by atoms with E-state index in [1.807, 2.05) is 0 Å². The van der Waals surface area contributed by atoms with Gasteiger partial charge in [0.05, 0.1) is 5.56 Å². The first-order valence-electron chi connectivity index (χ1n) is 3.40. The van der Waals surface area contributed by atoms with E-state index >= 15 is 0 Å². The molecule has 1 rings (SSSR count). The minimum absolute atomic E-state index is 0.281. The Hall–Kier alpha value is -1.68. The maximum absolute atomic E-state index is 12.8. The Morgan fingerprint density at radius 3 is 2.43 bits per heavy atom. The van der Waals surface area contributed by atoms with Crippen molar-refractivity contribution >= 4 is 6.08 Å². The molecule has 0 aliphatic carbocycles. The zero-order valence-electron chi connectivity index (χ0n) is 6.60. The van der Waals surface area contributed by atoms with Crippen LogP contribution in [0.3, 0.4) is 0 Å². The van der Waals surface area contributed by atoms with Crippen molar-refractivity contribution in [2.75, 3.05) is 0 Å². The second-order valence-corrected chi connectivity index (χ2v) is 2.37. The van der Waals surface area contributed by atoms with E-state index in [9.17, 15) is 22.4 Å². The van der Waals surface area contributed by atoms with Gasteiger partial charge in [0.15, 0.2) is 0 Å². The Bertz CT molecular complexity index is 398. The van der Waals surface area contributed by atoms with Crippen molar-refractivity contribution in [3.05, 3.63) is 35.4 Å². The number of hydrogen-bond donors (Lipinski definition) is 0. The Kier molecular flexibility index (Phi) is 2.67. The van der Waals surface area contributed by atoms with Gasteiger partial charge in [-0.25, -0.2) is 13.6 Å². The van der Waals surface area contributed by atoms with Crippen LogP contribution in [0.4, 0.5) is 17.6 Å². The number of rotatable bonds is 2. The number of halogens is 4. The molecule has 14 heavy (non-hydrogen) atoms. The minimum Gasteiger partial charge on any atom is -0.211 e. The van der Waals surface area contributed by atoms with Gasteiger partial charge in [-0.1, -0.05) is 0 Å². The number of isocyanates is 1. The highest BCUT2D eigenvalue weighted by atomic mass is 19.3. The third-order valence-electron chi connectivity index (χ3n) is 1.44. The summed E-state index contributed by atoms with van der Waals surface area (Å²) in [6.45, 7) is 0. The first-order valence-corrected chi connectivity index (χ1v) is 3.40. The summed E-state index contributed by atoms with van der Waals surface area (Å²) < 4.78 is 50.6. The highest BCUT2D eigenvalue weighted by molar-refractivity contribution is 5.36. The summed E-state index contributed by atoms with van der Waals surface area (Å²) in [5.74, 6) is -2.45. The molecule has 0 aliphatic heterocycles. The fourth-order valence-electron chi connectivity index (χ4n) is 0.851. The molecule has 2 nitrogen and oxygen atoms in total. The predicted molar refractivity (Wildman–Crippen MR) is 38.4 cm³/mol.